The maximum absolute atomic E-state index is 13.5. The first kappa shape index (κ1) is 23.8. The molecular weight excluding hydrogens is 448 g/mol. The van der Waals surface area contributed by atoms with Gasteiger partial charge in [0.25, 0.3) is 5.91 Å². The number of hydrogen-bond acceptors (Lipinski definition) is 5. The lowest BCUT2D eigenvalue weighted by atomic mass is 10.0. The minimum Gasteiger partial charge on any atom is -0.493 e. The van der Waals surface area contributed by atoms with Crippen LogP contribution < -0.4 is 14.8 Å². The number of nitrogens with zero attached hydrogens (tertiary/aromatic N) is 1. The summed E-state index contributed by atoms with van der Waals surface area (Å²) in [6.07, 6.45) is 3.34. The lowest BCUT2D eigenvalue weighted by molar-refractivity contribution is -0.115. The number of anilines is 1. The first-order chi connectivity index (χ1) is 16.5. The molecule has 0 unspecified atom stereocenters. The number of piperidine rings is 1. The number of likely N-dealkylation sites (tertiary alicyclic amines) is 1. The van der Waals surface area contributed by atoms with Gasteiger partial charge in [0.05, 0.1) is 26.2 Å². The van der Waals surface area contributed by atoms with Gasteiger partial charge in [-0.25, -0.2) is 0 Å². The zero-order chi connectivity index (χ0) is 24.1. The smallest absolute Gasteiger partial charge is 0.257 e. The molecule has 0 aliphatic carbocycles. The molecule has 0 atom stereocenters. The molecule has 1 aromatic heterocycles. The molecule has 7 heteroatoms. The average molecular weight is 479 g/mol. The van der Waals surface area contributed by atoms with Crippen molar-refractivity contribution in [2.24, 2.45) is 0 Å². The second-order valence-corrected chi connectivity index (χ2v) is 9.41. The molecule has 4 rings (SSSR count). The maximum atomic E-state index is 13.5. The van der Waals surface area contributed by atoms with Crippen LogP contribution in [0.15, 0.2) is 48.5 Å². The summed E-state index contributed by atoms with van der Waals surface area (Å²) in [7, 11) is 3.15. The van der Waals surface area contributed by atoms with E-state index in [0.717, 1.165) is 53.9 Å². The molecule has 6 nitrogen and oxygen atoms in total. The quantitative estimate of drug-likeness (QED) is 0.484. The molecule has 178 valence electrons. The second kappa shape index (κ2) is 10.7. The predicted octanol–water partition coefficient (Wildman–Crippen LogP) is 5.55. The Morgan fingerprint density at radius 2 is 1.68 bits per heavy atom. The molecule has 34 heavy (non-hydrogen) atoms. The summed E-state index contributed by atoms with van der Waals surface area (Å²) in [4.78, 5) is 29.5. The van der Waals surface area contributed by atoms with Gasteiger partial charge in [0.15, 0.2) is 11.5 Å². The van der Waals surface area contributed by atoms with Crippen molar-refractivity contribution >= 4 is 28.2 Å². The summed E-state index contributed by atoms with van der Waals surface area (Å²) >= 11 is 1.46. The minimum atomic E-state index is -0.180. The van der Waals surface area contributed by atoms with E-state index < -0.39 is 0 Å². The Kier molecular flexibility index (Phi) is 7.53. The third-order valence-electron chi connectivity index (χ3n) is 6.11. The van der Waals surface area contributed by atoms with Gasteiger partial charge < -0.3 is 19.7 Å². The van der Waals surface area contributed by atoms with Crippen molar-refractivity contribution in [2.75, 3.05) is 32.6 Å². The highest BCUT2D eigenvalue weighted by atomic mass is 32.1. The lowest BCUT2D eigenvalue weighted by Gasteiger charge is -2.27. The molecular formula is C27H30N2O4S. The first-order valence-corrected chi connectivity index (χ1v) is 12.3. The second-order valence-electron chi connectivity index (χ2n) is 8.39. The number of amides is 2. The van der Waals surface area contributed by atoms with E-state index in [4.69, 9.17) is 9.47 Å². The van der Waals surface area contributed by atoms with E-state index in [9.17, 15) is 9.59 Å². The van der Waals surface area contributed by atoms with Crippen molar-refractivity contribution in [2.45, 2.75) is 32.6 Å². The van der Waals surface area contributed by atoms with Crippen molar-refractivity contribution in [3.8, 4) is 21.9 Å². The van der Waals surface area contributed by atoms with E-state index >= 15 is 0 Å². The van der Waals surface area contributed by atoms with Crippen LogP contribution in [-0.4, -0.2) is 44.0 Å². The maximum Gasteiger partial charge on any atom is 0.257 e. The van der Waals surface area contributed by atoms with Crippen LogP contribution in [0, 0.1) is 6.92 Å². The Balaban J connectivity index is 1.63. The number of nitrogens with one attached hydrogen (secondary N) is 1. The number of ether oxygens (including phenoxy) is 2. The van der Waals surface area contributed by atoms with Gasteiger partial charge in [-0.15, -0.1) is 11.3 Å². The Labute approximate surface area is 204 Å². The van der Waals surface area contributed by atoms with Crippen LogP contribution in [0.2, 0.25) is 0 Å². The molecule has 1 fully saturated rings. The van der Waals surface area contributed by atoms with E-state index in [-0.39, 0.29) is 18.2 Å². The van der Waals surface area contributed by atoms with Gasteiger partial charge >= 0.3 is 0 Å². The summed E-state index contributed by atoms with van der Waals surface area (Å²) in [5.74, 6) is 1.01. The average Bonchev–Trinajstić information content (AvgIpc) is 3.19. The number of benzene rings is 2. The molecule has 2 aromatic carbocycles. The predicted molar refractivity (Wildman–Crippen MR) is 136 cm³/mol. The summed E-state index contributed by atoms with van der Waals surface area (Å²) in [6.45, 7) is 3.49. The molecule has 0 radical (unpaired) electrons. The first-order valence-electron chi connectivity index (χ1n) is 11.5. The number of methoxy groups -OCH3 is 2. The molecule has 3 aromatic rings. The van der Waals surface area contributed by atoms with Crippen LogP contribution in [0.1, 0.15) is 40.7 Å². The number of thiophene rings is 1. The molecule has 1 aliphatic rings. The largest absolute Gasteiger partial charge is 0.493 e. The summed E-state index contributed by atoms with van der Waals surface area (Å²) < 4.78 is 10.6. The Morgan fingerprint density at radius 3 is 2.35 bits per heavy atom. The normalized spacial score (nSPS) is 13.4. The third kappa shape index (κ3) is 5.09. The summed E-state index contributed by atoms with van der Waals surface area (Å²) in [6, 6.07) is 15.4. The summed E-state index contributed by atoms with van der Waals surface area (Å²) in [5, 5.41) is 3.64. The van der Waals surface area contributed by atoms with Crippen molar-refractivity contribution in [1.82, 2.24) is 4.90 Å². The molecule has 2 amide bonds. The Morgan fingerprint density at radius 1 is 0.971 bits per heavy atom. The molecule has 1 aliphatic heterocycles. The van der Waals surface area contributed by atoms with E-state index in [1.54, 1.807) is 26.4 Å². The van der Waals surface area contributed by atoms with E-state index in [1.807, 2.05) is 48.2 Å². The van der Waals surface area contributed by atoms with Gasteiger partial charge in [-0.2, -0.15) is 0 Å². The van der Waals surface area contributed by atoms with Crippen LogP contribution in [0.5, 0.6) is 11.5 Å². The van der Waals surface area contributed by atoms with Gasteiger partial charge in [0.2, 0.25) is 5.91 Å². The topological polar surface area (TPSA) is 67.9 Å². The van der Waals surface area contributed by atoms with Gasteiger partial charge in [-0.3, -0.25) is 9.59 Å². The number of hydrogen-bond donors (Lipinski definition) is 1. The van der Waals surface area contributed by atoms with Crippen LogP contribution >= 0.6 is 11.3 Å². The van der Waals surface area contributed by atoms with E-state index in [2.05, 4.69) is 5.32 Å². The molecule has 1 N–H and O–H groups in total. The fourth-order valence-corrected chi connectivity index (χ4v) is 5.55. The van der Waals surface area contributed by atoms with Crippen LogP contribution in [0.3, 0.4) is 0 Å². The van der Waals surface area contributed by atoms with Gasteiger partial charge in [0.1, 0.15) is 5.00 Å². The van der Waals surface area contributed by atoms with Gasteiger partial charge in [0, 0.05) is 18.0 Å². The molecule has 2 heterocycles. The van der Waals surface area contributed by atoms with Crippen LogP contribution in [0.4, 0.5) is 5.00 Å². The van der Waals surface area contributed by atoms with E-state index in [1.165, 1.54) is 11.3 Å². The minimum absolute atomic E-state index is 0.00273. The number of rotatable bonds is 7. The molecule has 0 bridgehead atoms. The number of carbonyl (C=O) groups is 2. The van der Waals surface area contributed by atoms with Crippen LogP contribution in [-0.2, 0) is 11.2 Å². The summed E-state index contributed by atoms with van der Waals surface area (Å²) in [5.41, 5.74) is 3.35. The molecule has 0 saturated carbocycles. The van der Waals surface area contributed by atoms with Gasteiger partial charge in [-0.1, -0.05) is 36.4 Å². The Bertz CT molecular complexity index is 1170. The van der Waals surface area contributed by atoms with E-state index in [0.29, 0.717) is 22.1 Å². The molecule has 0 spiro atoms. The van der Waals surface area contributed by atoms with Crippen molar-refractivity contribution in [1.29, 1.82) is 0 Å². The fraction of sp³-hybridized carbons (Fsp3) is 0.333. The number of carbonyl (C=O) groups excluding carboxylic acids is 2. The highest BCUT2D eigenvalue weighted by Gasteiger charge is 2.27. The SMILES string of the molecule is COc1ccc(CC(=O)Nc2sc(-c3ccccc3)c(C)c2C(=O)N2CCCCC2)cc1OC. The third-order valence-corrected chi connectivity index (χ3v) is 7.36. The Hall–Kier alpha value is -3.32. The van der Waals surface area contributed by atoms with Crippen molar-refractivity contribution in [3.63, 3.8) is 0 Å². The molecule has 1 saturated heterocycles. The zero-order valence-corrected chi connectivity index (χ0v) is 20.7. The van der Waals surface area contributed by atoms with Crippen molar-refractivity contribution < 1.29 is 19.1 Å². The standard InChI is InChI=1S/C27H30N2O4S/c1-18-24(27(31)29-14-8-5-9-15-29)26(34-25(18)20-10-6-4-7-11-20)28-23(30)17-19-12-13-21(32-2)22(16-19)33-3/h4,6-7,10-13,16H,5,8-9,14-15,17H2,1-3H3,(H,28,30). The monoisotopic (exact) mass is 478 g/mol. The van der Waals surface area contributed by atoms with Gasteiger partial charge in [-0.05, 0) is 55.0 Å². The van der Waals surface area contributed by atoms with Crippen molar-refractivity contribution in [3.05, 3.63) is 65.2 Å². The lowest BCUT2D eigenvalue weighted by Crippen LogP contribution is -2.36. The highest BCUT2D eigenvalue weighted by molar-refractivity contribution is 7.20. The highest BCUT2D eigenvalue weighted by Crippen LogP contribution is 2.41. The fourth-order valence-electron chi connectivity index (χ4n) is 4.33. The van der Waals surface area contributed by atoms with Crippen LogP contribution in [0.25, 0.3) is 10.4 Å². The zero-order valence-electron chi connectivity index (χ0n) is 19.8.